The van der Waals surface area contributed by atoms with Crippen molar-refractivity contribution in [2.75, 3.05) is 19.4 Å². The average Bonchev–Trinajstić information content (AvgIpc) is 2.76. The first kappa shape index (κ1) is 26.3. The lowest BCUT2D eigenvalue weighted by Crippen LogP contribution is -2.65. The number of ether oxygens (including phenoxy) is 1. The summed E-state index contributed by atoms with van der Waals surface area (Å²) in [6, 6.07) is -0.823. The van der Waals surface area contributed by atoms with E-state index in [0.29, 0.717) is 12.5 Å². The summed E-state index contributed by atoms with van der Waals surface area (Å²) < 4.78 is 5.89. The van der Waals surface area contributed by atoms with E-state index in [1.54, 1.807) is 12.5 Å². The van der Waals surface area contributed by atoms with Gasteiger partial charge >= 0.3 is 0 Å². The van der Waals surface area contributed by atoms with Gasteiger partial charge in [0.15, 0.2) is 0 Å². The highest BCUT2D eigenvalue weighted by Gasteiger charge is 2.47. The van der Waals surface area contributed by atoms with Crippen molar-refractivity contribution < 1.29 is 29.7 Å². The van der Waals surface area contributed by atoms with E-state index >= 15 is 0 Å². The second-order valence-corrected chi connectivity index (χ2v) is 9.57. The van der Waals surface area contributed by atoms with Crippen LogP contribution in [0.15, 0.2) is 5.16 Å². The van der Waals surface area contributed by atoms with Gasteiger partial charge in [0.25, 0.3) is 0 Å². The molecule has 2 fully saturated rings. The monoisotopic (exact) mass is 461 g/mol. The maximum atomic E-state index is 13.0. The Kier molecular flexibility index (Phi) is 11.0. The van der Waals surface area contributed by atoms with Crippen molar-refractivity contribution in [3.05, 3.63) is 0 Å². The van der Waals surface area contributed by atoms with Gasteiger partial charge in [0.1, 0.15) is 36.5 Å². The zero-order chi connectivity index (χ0) is 23.0. The normalized spacial score (nSPS) is 35.3. The number of piperidine rings is 1. The number of oxime groups is 1. The van der Waals surface area contributed by atoms with Gasteiger partial charge < -0.3 is 35.5 Å². The van der Waals surface area contributed by atoms with Crippen molar-refractivity contribution in [1.82, 2.24) is 10.6 Å². The molecule has 180 valence electrons. The van der Waals surface area contributed by atoms with Gasteiger partial charge in [-0.15, -0.1) is 11.8 Å². The minimum atomic E-state index is -1.33. The zero-order valence-corrected chi connectivity index (χ0v) is 19.8. The molecule has 0 aliphatic carbocycles. The van der Waals surface area contributed by atoms with Crippen molar-refractivity contribution in [1.29, 1.82) is 0 Å². The van der Waals surface area contributed by atoms with E-state index in [9.17, 15) is 20.1 Å². The van der Waals surface area contributed by atoms with Crippen molar-refractivity contribution in [2.45, 2.75) is 88.4 Å². The third-order valence-electron chi connectivity index (χ3n) is 6.03. The van der Waals surface area contributed by atoms with Gasteiger partial charge in [0.2, 0.25) is 5.91 Å². The minimum Gasteiger partial charge on any atom is -0.396 e. The molecular weight excluding hydrogens is 422 g/mol. The Morgan fingerprint density at radius 2 is 2.06 bits per heavy atom. The Labute approximate surface area is 189 Å². The largest absolute Gasteiger partial charge is 0.396 e. The lowest BCUT2D eigenvalue weighted by atomic mass is 9.86. The molecule has 2 heterocycles. The number of carbonyl (C=O) groups excluding carboxylic acids is 1. The topological polar surface area (TPSA) is 133 Å². The van der Waals surface area contributed by atoms with Crippen LogP contribution in [-0.4, -0.2) is 88.8 Å². The predicted molar refractivity (Wildman–Crippen MR) is 121 cm³/mol. The maximum Gasteiger partial charge on any atom is 0.237 e. The van der Waals surface area contributed by atoms with Crippen LogP contribution >= 0.6 is 11.8 Å². The van der Waals surface area contributed by atoms with Gasteiger partial charge in [0, 0.05) is 6.21 Å². The Balaban J connectivity index is 1.97. The number of hydrogen-bond donors (Lipinski definition) is 5. The third-order valence-corrected chi connectivity index (χ3v) is 6.89. The number of nitrogens with zero attached hydrogens (tertiary/aromatic N) is 1. The van der Waals surface area contributed by atoms with Crippen LogP contribution in [0.1, 0.15) is 46.5 Å². The molecule has 9 nitrogen and oxygen atoms in total. The Morgan fingerprint density at radius 3 is 2.71 bits per heavy atom. The molecule has 0 aromatic carbocycles. The summed E-state index contributed by atoms with van der Waals surface area (Å²) in [5.74, 6) is 0.239. The first-order valence-electron chi connectivity index (χ1n) is 11.2. The molecule has 5 N–H and O–H groups in total. The van der Waals surface area contributed by atoms with Crippen LogP contribution in [0.25, 0.3) is 0 Å². The number of rotatable bonds is 10. The van der Waals surface area contributed by atoms with Crippen LogP contribution < -0.4 is 10.6 Å². The highest BCUT2D eigenvalue weighted by molar-refractivity contribution is 7.99. The summed E-state index contributed by atoms with van der Waals surface area (Å²) in [6.07, 6.45) is 2.42. The summed E-state index contributed by atoms with van der Waals surface area (Å²) in [5.41, 5.74) is -0.669. The van der Waals surface area contributed by atoms with Crippen LogP contribution in [0.3, 0.4) is 0 Å². The highest BCUT2D eigenvalue weighted by Crippen LogP contribution is 2.30. The minimum absolute atomic E-state index is 0.0392. The molecule has 31 heavy (non-hydrogen) atoms. The first-order valence-corrected chi connectivity index (χ1v) is 12.5. The Morgan fingerprint density at radius 1 is 1.32 bits per heavy atom. The summed E-state index contributed by atoms with van der Waals surface area (Å²) in [5, 5.41) is 41.1. The molecule has 0 bridgehead atoms. The van der Waals surface area contributed by atoms with Crippen LogP contribution in [0, 0.1) is 11.8 Å². The van der Waals surface area contributed by atoms with Gasteiger partial charge in [0.05, 0.1) is 12.1 Å². The molecule has 10 heteroatoms. The van der Waals surface area contributed by atoms with Gasteiger partial charge in [-0.1, -0.05) is 19.0 Å². The molecule has 2 saturated heterocycles. The summed E-state index contributed by atoms with van der Waals surface area (Å²) in [7, 11) is 0. The molecule has 0 aromatic heterocycles. The SMILES string of the molecule is CCON=CCCC1CCNC(C(=O)NC(C(C)C)C2OC(SC)C(O)C(O)C2O)C1. The van der Waals surface area contributed by atoms with E-state index in [2.05, 4.69) is 15.8 Å². The molecule has 2 aliphatic rings. The number of hydrogen-bond acceptors (Lipinski definition) is 9. The number of aliphatic hydroxyl groups is 3. The van der Waals surface area contributed by atoms with Crippen LogP contribution in [-0.2, 0) is 14.4 Å². The molecular formula is C21H39N3O6S. The Hall–Kier alpha value is -0.910. The zero-order valence-electron chi connectivity index (χ0n) is 18.9. The van der Waals surface area contributed by atoms with Crippen molar-refractivity contribution >= 4 is 23.9 Å². The van der Waals surface area contributed by atoms with Crippen molar-refractivity contribution in [3.8, 4) is 0 Å². The number of aliphatic hydroxyl groups excluding tert-OH is 3. The van der Waals surface area contributed by atoms with E-state index < -0.39 is 35.9 Å². The third kappa shape index (κ3) is 7.30. The van der Waals surface area contributed by atoms with Gasteiger partial charge in [-0.2, -0.15) is 0 Å². The summed E-state index contributed by atoms with van der Waals surface area (Å²) in [4.78, 5) is 18.0. The quantitative estimate of drug-likeness (QED) is 0.234. The van der Waals surface area contributed by atoms with E-state index in [1.165, 1.54) is 11.8 Å². The van der Waals surface area contributed by atoms with Gasteiger partial charge in [-0.25, -0.2) is 0 Å². The molecule has 8 unspecified atom stereocenters. The Bertz CT molecular complexity index is 579. The predicted octanol–water partition coefficient (Wildman–Crippen LogP) is 0.469. The van der Waals surface area contributed by atoms with Crippen molar-refractivity contribution in [3.63, 3.8) is 0 Å². The number of thioether (sulfide) groups is 1. The smallest absolute Gasteiger partial charge is 0.237 e. The molecule has 0 radical (unpaired) electrons. The second kappa shape index (κ2) is 13.0. The van der Waals surface area contributed by atoms with E-state index in [0.717, 1.165) is 32.2 Å². The van der Waals surface area contributed by atoms with E-state index in [1.807, 2.05) is 20.8 Å². The molecule has 0 spiro atoms. The van der Waals surface area contributed by atoms with E-state index in [4.69, 9.17) is 9.57 Å². The molecule has 2 rings (SSSR count). The summed E-state index contributed by atoms with van der Waals surface area (Å²) >= 11 is 1.26. The second-order valence-electron chi connectivity index (χ2n) is 8.64. The fourth-order valence-electron chi connectivity index (χ4n) is 4.21. The van der Waals surface area contributed by atoms with Gasteiger partial charge in [-0.05, 0) is 57.2 Å². The maximum absolute atomic E-state index is 13.0. The van der Waals surface area contributed by atoms with Crippen LogP contribution in [0.2, 0.25) is 0 Å². The van der Waals surface area contributed by atoms with Crippen LogP contribution in [0.4, 0.5) is 0 Å². The molecule has 2 aliphatic heterocycles. The fourth-order valence-corrected chi connectivity index (χ4v) is 4.89. The lowest BCUT2D eigenvalue weighted by molar-refractivity contribution is -0.208. The van der Waals surface area contributed by atoms with Crippen LogP contribution in [0.5, 0.6) is 0 Å². The molecule has 1 amide bonds. The highest BCUT2D eigenvalue weighted by atomic mass is 32.2. The molecule has 8 atom stereocenters. The molecule has 0 saturated carbocycles. The van der Waals surface area contributed by atoms with Gasteiger partial charge in [-0.3, -0.25) is 4.79 Å². The lowest BCUT2D eigenvalue weighted by Gasteiger charge is -2.44. The summed E-state index contributed by atoms with van der Waals surface area (Å²) in [6.45, 7) is 7.07. The average molecular weight is 462 g/mol. The fraction of sp³-hybridized carbons (Fsp3) is 0.905. The number of nitrogens with one attached hydrogen (secondary N) is 2. The van der Waals surface area contributed by atoms with E-state index in [-0.39, 0.29) is 17.9 Å². The standard InChI is InChI=1S/C21H39N3O6S/c1-5-29-23-9-6-7-13-8-10-22-14(11-13)20(28)24-15(12(2)3)19-17(26)16(25)18(27)21(30-19)31-4/h9,12-19,21-22,25-27H,5-8,10-11H2,1-4H3,(H,24,28). The van der Waals surface area contributed by atoms with Crippen molar-refractivity contribution in [2.24, 2.45) is 17.0 Å². The molecule has 0 aromatic rings. The number of carbonyl (C=O) groups is 1. The first-order chi connectivity index (χ1) is 14.8. The number of amides is 1.